The van der Waals surface area contributed by atoms with Gasteiger partial charge in [0.2, 0.25) is 0 Å². The van der Waals surface area contributed by atoms with Crippen LogP contribution < -0.4 is 9.47 Å². The molecule has 0 atom stereocenters. The van der Waals surface area contributed by atoms with Gasteiger partial charge in [-0.15, -0.1) is 0 Å². The molecule has 23 heavy (non-hydrogen) atoms. The molecule has 0 aliphatic carbocycles. The average molecular weight is 312 g/mol. The SMILES string of the molecule is CCOc1ccc(Cc2cn3ccc(CO)cc3n2)cc1OC. The van der Waals surface area contributed by atoms with Crippen LogP contribution in [0.15, 0.2) is 42.7 Å². The summed E-state index contributed by atoms with van der Waals surface area (Å²) in [6, 6.07) is 9.71. The Kier molecular flexibility index (Phi) is 4.48. The number of benzene rings is 1. The first-order valence-electron chi connectivity index (χ1n) is 7.60. The lowest BCUT2D eigenvalue weighted by Crippen LogP contribution is -1.97. The lowest BCUT2D eigenvalue weighted by atomic mass is 10.1. The molecule has 0 radical (unpaired) electrons. The molecular formula is C18H20N2O3. The normalized spacial score (nSPS) is 10.9. The van der Waals surface area contributed by atoms with Gasteiger partial charge in [-0.25, -0.2) is 4.98 Å². The molecule has 0 aliphatic heterocycles. The summed E-state index contributed by atoms with van der Waals surface area (Å²) in [6.45, 7) is 2.58. The van der Waals surface area contributed by atoms with Gasteiger partial charge in [-0.1, -0.05) is 6.07 Å². The van der Waals surface area contributed by atoms with Gasteiger partial charge in [0.25, 0.3) is 0 Å². The van der Waals surface area contributed by atoms with E-state index >= 15 is 0 Å². The molecule has 0 amide bonds. The fourth-order valence-corrected chi connectivity index (χ4v) is 2.57. The number of pyridine rings is 1. The van der Waals surface area contributed by atoms with Gasteiger partial charge in [0.05, 0.1) is 26.0 Å². The number of aliphatic hydroxyl groups is 1. The number of rotatable bonds is 6. The van der Waals surface area contributed by atoms with E-state index in [4.69, 9.17) is 9.47 Å². The van der Waals surface area contributed by atoms with Crippen molar-refractivity contribution in [2.75, 3.05) is 13.7 Å². The van der Waals surface area contributed by atoms with Crippen LogP contribution in [0.25, 0.3) is 5.65 Å². The minimum Gasteiger partial charge on any atom is -0.493 e. The Morgan fingerprint density at radius 1 is 1.13 bits per heavy atom. The van der Waals surface area contributed by atoms with Crippen LogP contribution in [0.1, 0.15) is 23.7 Å². The molecule has 3 rings (SSSR count). The van der Waals surface area contributed by atoms with Crippen LogP contribution >= 0.6 is 0 Å². The molecule has 3 aromatic rings. The summed E-state index contributed by atoms with van der Waals surface area (Å²) in [4.78, 5) is 4.61. The predicted octanol–water partition coefficient (Wildman–Crippen LogP) is 2.82. The second-order valence-corrected chi connectivity index (χ2v) is 5.29. The van der Waals surface area contributed by atoms with Crippen molar-refractivity contribution in [3.63, 3.8) is 0 Å². The van der Waals surface area contributed by atoms with Crippen molar-refractivity contribution in [1.29, 1.82) is 0 Å². The van der Waals surface area contributed by atoms with Crippen LogP contribution in [-0.2, 0) is 13.0 Å². The van der Waals surface area contributed by atoms with Crippen molar-refractivity contribution >= 4 is 5.65 Å². The summed E-state index contributed by atoms with van der Waals surface area (Å²) in [5.74, 6) is 1.48. The Hall–Kier alpha value is -2.53. The predicted molar refractivity (Wildman–Crippen MR) is 88.1 cm³/mol. The van der Waals surface area contributed by atoms with Crippen LogP contribution in [0.3, 0.4) is 0 Å². The smallest absolute Gasteiger partial charge is 0.161 e. The van der Waals surface area contributed by atoms with Gasteiger partial charge in [0, 0.05) is 18.8 Å². The minimum atomic E-state index is 0.0226. The van der Waals surface area contributed by atoms with Crippen LogP contribution in [-0.4, -0.2) is 28.2 Å². The Labute approximate surface area is 135 Å². The molecule has 5 heteroatoms. The molecule has 5 nitrogen and oxygen atoms in total. The van der Waals surface area contributed by atoms with Gasteiger partial charge >= 0.3 is 0 Å². The maximum Gasteiger partial charge on any atom is 0.161 e. The molecule has 0 saturated carbocycles. The third-order valence-corrected chi connectivity index (χ3v) is 3.67. The van der Waals surface area contributed by atoms with Crippen molar-refractivity contribution in [2.45, 2.75) is 20.0 Å². The van der Waals surface area contributed by atoms with E-state index in [-0.39, 0.29) is 6.61 Å². The first-order chi connectivity index (χ1) is 11.2. The lowest BCUT2D eigenvalue weighted by molar-refractivity contribution is 0.282. The van der Waals surface area contributed by atoms with Crippen molar-refractivity contribution < 1.29 is 14.6 Å². The van der Waals surface area contributed by atoms with Gasteiger partial charge in [0.1, 0.15) is 5.65 Å². The molecule has 0 fully saturated rings. The first kappa shape index (κ1) is 15.4. The molecule has 0 unspecified atom stereocenters. The van der Waals surface area contributed by atoms with E-state index in [9.17, 15) is 5.11 Å². The highest BCUT2D eigenvalue weighted by Gasteiger charge is 2.08. The molecule has 1 N–H and O–H groups in total. The number of hydrogen-bond acceptors (Lipinski definition) is 4. The number of ether oxygens (including phenoxy) is 2. The molecule has 0 bridgehead atoms. The topological polar surface area (TPSA) is 56.0 Å². The van der Waals surface area contributed by atoms with E-state index in [0.717, 1.165) is 34.0 Å². The zero-order chi connectivity index (χ0) is 16.2. The number of imidazole rings is 1. The highest BCUT2D eigenvalue weighted by Crippen LogP contribution is 2.28. The van der Waals surface area contributed by atoms with E-state index in [1.807, 2.05) is 54.0 Å². The molecule has 2 aromatic heterocycles. The van der Waals surface area contributed by atoms with E-state index in [1.165, 1.54) is 0 Å². The number of fused-ring (bicyclic) bond motifs is 1. The fourth-order valence-electron chi connectivity index (χ4n) is 2.57. The quantitative estimate of drug-likeness (QED) is 0.760. The van der Waals surface area contributed by atoms with Gasteiger partial charge in [0.15, 0.2) is 11.5 Å². The number of methoxy groups -OCH3 is 1. The van der Waals surface area contributed by atoms with E-state index < -0.39 is 0 Å². The van der Waals surface area contributed by atoms with Crippen LogP contribution in [0.4, 0.5) is 0 Å². The monoisotopic (exact) mass is 312 g/mol. The van der Waals surface area contributed by atoms with Crippen molar-refractivity contribution in [2.24, 2.45) is 0 Å². The van der Waals surface area contributed by atoms with Gasteiger partial charge in [-0.2, -0.15) is 0 Å². The number of nitrogens with zero attached hydrogens (tertiary/aromatic N) is 2. The Morgan fingerprint density at radius 2 is 2.00 bits per heavy atom. The van der Waals surface area contributed by atoms with Gasteiger partial charge in [-0.05, 0) is 42.3 Å². The number of aromatic nitrogens is 2. The van der Waals surface area contributed by atoms with Crippen LogP contribution in [0, 0.1) is 0 Å². The van der Waals surface area contributed by atoms with E-state index in [1.54, 1.807) is 7.11 Å². The second-order valence-electron chi connectivity index (χ2n) is 5.29. The summed E-state index contributed by atoms with van der Waals surface area (Å²) in [7, 11) is 1.64. The summed E-state index contributed by atoms with van der Waals surface area (Å²) in [6.07, 6.45) is 4.62. The molecule has 2 heterocycles. The highest BCUT2D eigenvalue weighted by atomic mass is 16.5. The summed E-state index contributed by atoms with van der Waals surface area (Å²) < 4.78 is 12.9. The maximum atomic E-state index is 9.20. The Balaban J connectivity index is 1.86. The third-order valence-electron chi connectivity index (χ3n) is 3.67. The number of hydrogen-bond donors (Lipinski definition) is 1. The largest absolute Gasteiger partial charge is 0.493 e. The number of aliphatic hydroxyl groups excluding tert-OH is 1. The standard InChI is InChI=1S/C18H20N2O3/c1-3-23-16-5-4-13(9-17(16)22-2)8-15-11-20-7-6-14(12-21)10-18(20)19-15/h4-7,9-11,21H,3,8,12H2,1-2H3. The first-order valence-corrected chi connectivity index (χ1v) is 7.60. The van der Waals surface area contributed by atoms with E-state index in [2.05, 4.69) is 4.98 Å². The molecule has 1 aromatic carbocycles. The minimum absolute atomic E-state index is 0.0226. The zero-order valence-electron chi connectivity index (χ0n) is 13.3. The molecule has 0 spiro atoms. The average Bonchev–Trinajstić information content (AvgIpc) is 2.97. The Morgan fingerprint density at radius 3 is 2.74 bits per heavy atom. The van der Waals surface area contributed by atoms with E-state index in [0.29, 0.717) is 13.0 Å². The third kappa shape index (κ3) is 3.29. The molecule has 0 saturated heterocycles. The Bertz CT molecular complexity index is 811. The second kappa shape index (κ2) is 6.71. The fraction of sp³-hybridized carbons (Fsp3) is 0.278. The highest BCUT2D eigenvalue weighted by molar-refractivity contribution is 5.46. The van der Waals surface area contributed by atoms with Crippen molar-refractivity contribution in [3.8, 4) is 11.5 Å². The zero-order valence-corrected chi connectivity index (χ0v) is 13.3. The summed E-state index contributed by atoms with van der Waals surface area (Å²) in [5, 5.41) is 9.20. The summed E-state index contributed by atoms with van der Waals surface area (Å²) in [5.41, 5.74) is 3.77. The maximum absolute atomic E-state index is 9.20. The lowest BCUT2D eigenvalue weighted by Gasteiger charge is -2.10. The van der Waals surface area contributed by atoms with Crippen LogP contribution in [0.2, 0.25) is 0 Å². The molecule has 120 valence electrons. The summed E-state index contributed by atoms with van der Waals surface area (Å²) >= 11 is 0. The van der Waals surface area contributed by atoms with Gasteiger partial charge in [-0.3, -0.25) is 0 Å². The van der Waals surface area contributed by atoms with Crippen LogP contribution in [0.5, 0.6) is 11.5 Å². The molecule has 0 aliphatic rings. The van der Waals surface area contributed by atoms with Crippen molar-refractivity contribution in [1.82, 2.24) is 9.38 Å². The van der Waals surface area contributed by atoms with Crippen molar-refractivity contribution in [3.05, 3.63) is 59.5 Å². The molecular weight excluding hydrogens is 292 g/mol. The van der Waals surface area contributed by atoms with Gasteiger partial charge < -0.3 is 19.0 Å².